The highest BCUT2D eigenvalue weighted by Crippen LogP contribution is 2.20. The molecule has 0 aliphatic rings. The number of nitrogens with one attached hydrogen (secondary N) is 1. The van der Waals surface area contributed by atoms with Crippen LogP contribution in [-0.4, -0.2) is 18.4 Å². The number of carbonyl (C=O) groups excluding carboxylic acids is 2. The minimum absolute atomic E-state index is 0.101. The van der Waals surface area contributed by atoms with Gasteiger partial charge in [-0.3, -0.25) is 4.79 Å². The average molecular weight is 303 g/mol. The van der Waals surface area contributed by atoms with Crippen molar-refractivity contribution < 1.29 is 14.7 Å². The average Bonchev–Trinajstić information content (AvgIpc) is 2.31. The van der Waals surface area contributed by atoms with Crippen LogP contribution >= 0.6 is 23.2 Å². The molecule has 1 aromatic rings. The smallest absolute Gasteiger partial charge is 0.220 e. The number of carboxylic acid groups (broad SMARTS) is 1. The summed E-state index contributed by atoms with van der Waals surface area (Å²) in [6.07, 6.45) is 0.969. The molecule has 1 rings (SSSR count). The summed E-state index contributed by atoms with van der Waals surface area (Å²) < 4.78 is 0. The molecule has 0 radical (unpaired) electrons. The van der Waals surface area contributed by atoms with Crippen LogP contribution < -0.4 is 10.4 Å². The maximum Gasteiger partial charge on any atom is 0.220 e. The first-order chi connectivity index (χ1) is 8.99. The maximum absolute atomic E-state index is 11.4. The van der Waals surface area contributed by atoms with Gasteiger partial charge in [0.05, 0.1) is 0 Å². The first-order valence-corrected chi connectivity index (χ1v) is 6.65. The summed E-state index contributed by atoms with van der Waals surface area (Å²) in [6.45, 7) is 0.450. The standard InChI is InChI=1S/C13H15Cl2NO3/c14-10-5-4-9(11(15)8-10)6-7-16-12(17)2-1-3-13(18)19/h4-5,8H,1-3,6-7H2,(H,16,17)(H,18,19)/p-1. The molecule has 0 atom stereocenters. The molecule has 0 aliphatic carbocycles. The van der Waals surface area contributed by atoms with Crippen molar-refractivity contribution >= 4 is 35.1 Å². The molecular formula is C13H14Cl2NO3-. The van der Waals surface area contributed by atoms with E-state index < -0.39 is 5.97 Å². The Balaban J connectivity index is 2.26. The van der Waals surface area contributed by atoms with Gasteiger partial charge in [0.1, 0.15) is 0 Å². The Morgan fingerprint density at radius 1 is 1.21 bits per heavy atom. The number of hydrogen-bond acceptors (Lipinski definition) is 3. The zero-order valence-electron chi connectivity index (χ0n) is 10.2. The van der Waals surface area contributed by atoms with Crippen molar-refractivity contribution in [2.45, 2.75) is 25.7 Å². The Morgan fingerprint density at radius 3 is 2.58 bits per heavy atom. The number of rotatable bonds is 7. The fraction of sp³-hybridized carbons (Fsp3) is 0.385. The molecule has 6 heteroatoms. The molecule has 104 valence electrons. The largest absolute Gasteiger partial charge is 0.550 e. The van der Waals surface area contributed by atoms with Crippen LogP contribution in [0, 0.1) is 0 Å². The summed E-state index contributed by atoms with van der Waals surface area (Å²) in [6, 6.07) is 5.21. The van der Waals surface area contributed by atoms with Crippen molar-refractivity contribution in [2.24, 2.45) is 0 Å². The van der Waals surface area contributed by atoms with Crippen molar-refractivity contribution in [1.82, 2.24) is 5.32 Å². The van der Waals surface area contributed by atoms with Crippen LogP contribution in [0.1, 0.15) is 24.8 Å². The van der Waals surface area contributed by atoms with E-state index in [4.69, 9.17) is 23.2 Å². The highest BCUT2D eigenvalue weighted by atomic mass is 35.5. The Kier molecular flexibility index (Phi) is 6.67. The van der Waals surface area contributed by atoms with Crippen molar-refractivity contribution in [2.75, 3.05) is 6.54 Å². The molecule has 4 nitrogen and oxygen atoms in total. The van der Waals surface area contributed by atoms with Gasteiger partial charge in [-0.2, -0.15) is 0 Å². The highest BCUT2D eigenvalue weighted by Gasteiger charge is 2.04. The van der Waals surface area contributed by atoms with E-state index in [2.05, 4.69) is 5.32 Å². The summed E-state index contributed by atoms with van der Waals surface area (Å²) in [5.41, 5.74) is 0.904. The molecule has 0 saturated heterocycles. The van der Waals surface area contributed by atoms with Gasteiger partial charge in [-0.05, 0) is 37.0 Å². The minimum atomic E-state index is -1.14. The fourth-order valence-corrected chi connectivity index (χ4v) is 2.05. The molecule has 0 heterocycles. The van der Waals surface area contributed by atoms with Gasteiger partial charge in [0.2, 0.25) is 5.91 Å². The monoisotopic (exact) mass is 302 g/mol. The van der Waals surface area contributed by atoms with E-state index >= 15 is 0 Å². The van der Waals surface area contributed by atoms with Crippen LogP contribution in [0.15, 0.2) is 18.2 Å². The third-order valence-corrected chi connectivity index (χ3v) is 3.10. The van der Waals surface area contributed by atoms with Crippen LogP contribution in [0.25, 0.3) is 0 Å². The minimum Gasteiger partial charge on any atom is -0.550 e. The van der Waals surface area contributed by atoms with E-state index in [0.29, 0.717) is 23.0 Å². The Labute approximate surface area is 121 Å². The zero-order valence-corrected chi connectivity index (χ0v) is 11.8. The molecule has 1 aromatic carbocycles. The number of hydrogen-bond donors (Lipinski definition) is 1. The lowest BCUT2D eigenvalue weighted by atomic mass is 10.1. The molecule has 1 amide bonds. The molecule has 0 bridgehead atoms. The number of benzene rings is 1. The van der Waals surface area contributed by atoms with E-state index in [1.807, 2.05) is 6.07 Å². The SMILES string of the molecule is O=C([O-])CCCC(=O)NCCc1ccc(Cl)cc1Cl. The first kappa shape index (κ1) is 15.8. The van der Waals surface area contributed by atoms with Crippen LogP contribution in [0.5, 0.6) is 0 Å². The molecule has 1 N–H and O–H groups in total. The lowest BCUT2D eigenvalue weighted by Crippen LogP contribution is -2.26. The van der Waals surface area contributed by atoms with Crippen LogP contribution in [-0.2, 0) is 16.0 Å². The summed E-state index contributed by atoms with van der Waals surface area (Å²) in [7, 11) is 0. The molecule has 0 aliphatic heterocycles. The second-order valence-electron chi connectivity index (χ2n) is 4.06. The zero-order chi connectivity index (χ0) is 14.3. The normalized spacial score (nSPS) is 10.2. The number of carboxylic acids is 1. The van der Waals surface area contributed by atoms with E-state index in [1.165, 1.54) is 0 Å². The Hall–Kier alpha value is -1.26. The van der Waals surface area contributed by atoms with E-state index in [-0.39, 0.29) is 25.2 Å². The number of aliphatic carboxylic acids is 1. The lowest BCUT2D eigenvalue weighted by Gasteiger charge is -2.07. The number of amides is 1. The quantitative estimate of drug-likeness (QED) is 0.831. The van der Waals surface area contributed by atoms with Gasteiger partial charge in [0.15, 0.2) is 0 Å². The van der Waals surface area contributed by atoms with E-state index in [9.17, 15) is 14.7 Å². The summed E-state index contributed by atoms with van der Waals surface area (Å²) in [5, 5.41) is 14.0. The molecule has 19 heavy (non-hydrogen) atoms. The van der Waals surface area contributed by atoms with Crippen molar-refractivity contribution in [3.63, 3.8) is 0 Å². The van der Waals surface area contributed by atoms with Crippen LogP contribution in [0.2, 0.25) is 10.0 Å². The summed E-state index contributed by atoms with van der Waals surface area (Å²) in [5.74, 6) is -1.31. The van der Waals surface area contributed by atoms with E-state index in [0.717, 1.165) is 5.56 Å². The van der Waals surface area contributed by atoms with Crippen molar-refractivity contribution in [3.8, 4) is 0 Å². The first-order valence-electron chi connectivity index (χ1n) is 5.89. The molecule has 0 unspecified atom stereocenters. The second-order valence-corrected chi connectivity index (χ2v) is 4.90. The van der Waals surface area contributed by atoms with Crippen LogP contribution in [0.4, 0.5) is 0 Å². The third-order valence-electron chi connectivity index (χ3n) is 2.52. The summed E-state index contributed by atoms with van der Waals surface area (Å²) in [4.78, 5) is 21.6. The van der Waals surface area contributed by atoms with E-state index in [1.54, 1.807) is 12.1 Å². The third kappa shape index (κ3) is 6.45. The number of carbonyl (C=O) groups is 2. The lowest BCUT2D eigenvalue weighted by molar-refractivity contribution is -0.305. The van der Waals surface area contributed by atoms with Gasteiger partial charge < -0.3 is 15.2 Å². The Morgan fingerprint density at radius 2 is 1.95 bits per heavy atom. The van der Waals surface area contributed by atoms with Gasteiger partial charge >= 0.3 is 0 Å². The van der Waals surface area contributed by atoms with Gasteiger partial charge in [-0.25, -0.2) is 0 Å². The van der Waals surface area contributed by atoms with Crippen molar-refractivity contribution in [3.05, 3.63) is 33.8 Å². The molecule has 0 fully saturated rings. The van der Waals surface area contributed by atoms with Gasteiger partial charge in [0, 0.05) is 29.0 Å². The second kappa shape index (κ2) is 8.02. The van der Waals surface area contributed by atoms with Gasteiger partial charge in [-0.15, -0.1) is 0 Å². The fourth-order valence-electron chi connectivity index (χ4n) is 1.54. The molecular weight excluding hydrogens is 289 g/mol. The van der Waals surface area contributed by atoms with Crippen molar-refractivity contribution in [1.29, 1.82) is 0 Å². The highest BCUT2D eigenvalue weighted by molar-refractivity contribution is 6.35. The Bertz CT molecular complexity index is 463. The molecule has 0 saturated carbocycles. The van der Waals surface area contributed by atoms with Crippen LogP contribution in [0.3, 0.4) is 0 Å². The van der Waals surface area contributed by atoms with Gasteiger partial charge in [0.25, 0.3) is 0 Å². The predicted molar refractivity (Wildman–Crippen MR) is 72.0 cm³/mol. The summed E-state index contributed by atoms with van der Waals surface area (Å²) >= 11 is 11.8. The molecule has 0 aromatic heterocycles. The molecule has 0 spiro atoms. The number of halogens is 2. The maximum atomic E-state index is 11.4. The predicted octanol–water partition coefficient (Wildman–Crippen LogP) is 1.57. The topological polar surface area (TPSA) is 69.2 Å². The van der Waals surface area contributed by atoms with Gasteiger partial charge in [-0.1, -0.05) is 29.3 Å².